The van der Waals surface area contributed by atoms with Crippen LogP contribution < -0.4 is 10.2 Å². The van der Waals surface area contributed by atoms with Gasteiger partial charge in [-0.3, -0.25) is 9.78 Å². The Morgan fingerprint density at radius 1 is 1.04 bits per heavy atom. The molecule has 3 rings (SSSR count). The normalized spacial score (nSPS) is 10.5. The van der Waals surface area contributed by atoms with Crippen LogP contribution in [0.5, 0.6) is 0 Å². The van der Waals surface area contributed by atoms with E-state index in [9.17, 15) is 4.79 Å². The molecule has 27 heavy (non-hydrogen) atoms. The first-order valence-corrected chi connectivity index (χ1v) is 9.20. The second-order valence-corrected chi connectivity index (χ2v) is 6.67. The van der Waals surface area contributed by atoms with Crippen molar-refractivity contribution in [3.05, 3.63) is 89.2 Å². The van der Waals surface area contributed by atoms with E-state index in [1.807, 2.05) is 62.4 Å². The van der Waals surface area contributed by atoms with Crippen molar-refractivity contribution >= 4 is 17.3 Å². The average Bonchev–Trinajstić information content (AvgIpc) is 2.69. The summed E-state index contributed by atoms with van der Waals surface area (Å²) in [6, 6.07) is 20.1. The molecular formula is C23H25N3O. The highest BCUT2D eigenvalue weighted by atomic mass is 16.1. The Kier molecular flexibility index (Phi) is 5.87. The highest BCUT2D eigenvalue weighted by Gasteiger charge is 2.13. The van der Waals surface area contributed by atoms with Crippen LogP contribution in [0.15, 0.2) is 66.9 Å². The van der Waals surface area contributed by atoms with Crippen molar-refractivity contribution in [1.29, 1.82) is 0 Å². The Labute approximate surface area is 160 Å². The maximum absolute atomic E-state index is 12.7. The number of aryl methyl sites for hydroxylation is 2. The lowest BCUT2D eigenvalue weighted by Crippen LogP contribution is -2.23. The van der Waals surface area contributed by atoms with E-state index in [0.717, 1.165) is 35.6 Å². The summed E-state index contributed by atoms with van der Waals surface area (Å²) < 4.78 is 0. The lowest BCUT2D eigenvalue weighted by Gasteiger charge is -2.23. The van der Waals surface area contributed by atoms with Gasteiger partial charge in [-0.25, -0.2) is 0 Å². The Morgan fingerprint density at radius 3 is 2.56 bits per heavy atom. The highest BCUT2D eigenvalue weighted by molar-refractivity contribution is 6.03. The first kappa shape index (κ1) is 18.6. The first-order chi connectivity index (χ1) is 13.1. The molecule has 0 aliphatic carbocycles. The van der Waals surface area contributed by atoms with Crippen molar-refractivity contribution in [3.8, 4) is 0 Å². The Hall–Kier alpha value is -3.14. The number of carbonyl (C=O) groups excluding carboxylic acids is 1. The summed E-state index contributed by atoms with van der Waals surface area (Å²) in [6.07, 6.45) is 1.70. The van der Waals surface area contributed by atoms with Gasteiger partial charge in [0.25, 0.3) is 5.91 Å². The SMILES string of the molecule is CCN(Cc1ccccc1)c1ccnc(C(=O)Nc2cc(C)ccc2C)c1. The van der Waals surface area contributed by atoms with E-state index >= 15 is 0 Å². The molecule has 3 aromatic rings. The molecule has 1 aromatic heterocycles. The molecule has 0 unspecified atom stereocenters. The number of aromatic nitrogens is 1. The number of benzene rings is 2. The number of nitrogens with one attached hydrogen (secondary N) is 1. The van der Waals surface area contributed by atoms with Crippen LogP contribution in [0, 0.1) is 13.8 Å². The molecule has 4 nitrogen and oxygen atoms in total. The van der Waals surface area contributed by atoms with Crippen LogP contribution in [-0.4, -0.2) is 17.4 Å². The zero-order valence-electron chi connectivity index (χ0n) is 16.1. The van der Waals surface area contributed by atoms with Crippen LogP contribution in [0.1, 0.15) is 34.1 Å². The number of nitrogens with zero attached hydrogens (tertiary/aromatic N) is 2. The van der Waals surface area contributed by atoms with Crippen molar-refractivity contribution in [2.24, 2.45) is 0 Å². The van der Waals surface area contributed by atoms with Crippen LogP contribution in [0.3, 0.4) is 0 Å². The fourth-order valence-electron chi connectivity index (χ4n) is 2.99. The van der Waals surface area contributed by atoms with Gasteiger partial charge in [-0.1, -0.05) is 42.5 Å². The number of hydrogen-bond acceptors (Lipinski definition) is 3. The zero-order valence-corrected chi connectivity index (χ0v) is 16.1. The first-order valence-electron chi connectivity index (χ1n) is 9.20. The topological polar surface area (TPSA) is 45.2 Å². The molecule has 0 aliphatic rings. The summed E-state index contributed by atoms with van der Waals surface area (Å²) >= 11 is 0. The molecule has 1 heterocycles. The number of carbonyl (C=O) groups is 1. The quantitative estimate of drug-likeness (QED) is 0.675. The van der Waals surface area contributed by atoms with Gasteiger partial charge in [-0.2, -0.15) is 0 Å². The third-order valence-corrected chi connectivity index (χ3v) is 4.58. The van der Waals surface area contributed by atoms with Crippen molar-refractivity contribution in [2.75, 3.05) is 16.8 Å². The van der Waals surface area contributed by atoms with Crippen LogP contribution in [0.25, 0.3) is 0 Å². The van der Waals surface area contributed by atoms with Gasteiger partial charge >= 0.3 is 0 Å². The van der Waals surface area contributed by atoms with Crippen molar-refractivity contribution in [1.82, 2.24) is 4.98 Å². The molecule has 1 amide bonds. The van der Waals surface area contributed by atoms with E-state index < -0.39 is 0 Å². The third kappa shape index (κ3) is 4.73. The Balaban J connectivity index is 1.79. The lowest BCUT2D eigenvalue weighted by atomic mass is 10.1. The monoisotopic (exact) mass is 359 g/mol. The summed E-state index contributed by atoms with van der Waals surface area (Å²) in [7, 11) is 0. The predicted molar refractivity (Wildman–Crippen MR) is 111 cm³/mol. The molecule has 0 bridgehead atoms. The van der Waals surface area contributed by atoms with Crippen LogP contribution in [0.2, 0.25) is 0 Å². The van der Waals surface area contributed by atoms with Gasteiger partial charge in [0.15, 0.2) is 0 Å². The summed E-state index contributed by atoms with van der Waals surface area (Å²) in [5.41, 5.74) is 5.60. The smallest absolute Gasteiger partial charge is 0.274 e. The van der Waals surface area contributed by atoms with Gasteiger partial charge in [-0.05, 0) is 55.7 Å². The average molecular weight is 359 g/mol. The van der Waals surface area contributed by atoms with Gasteiger partial charge in [0.1, 0.15) is 5.69 Å². The van der Waals surface area contributed by atoms with Crippen LogP contribution in [0.4, 0.5) is 11.4 Å². The van der Waals surface area contributed by atoms with E-state index in [-0.39, 0.29) is 5.91 Å². The van der Waals surface area contributed by atoms with E-state index in [4.69, 9.17) is 0 Å². The number of rotatable bonds is 6. The van der Waals surface area contributed by atoms with E-state index in [0.29, 0.717) is 5.69 Å². The molecular weight excluding hydrogens is 334 g/mol. The number of hydrogen-bond donors (Lipinski definition) is 1. The number of amides is 1. The molecule has 138 valence electrons. The molecule has 0 aliphatic heterocycles. The largest absolute Gasteiger partial charge is 0.367 e. The van der Waals surface area contributed by atoms with E-state index in [1.165, 1.54) is 5.56 Å². The summed E-state index contributed by atoms with van der Waals surface area (Å²) in [6.45, 7) is 7.74. The van der Waals surface area contributed by atoms with Gasteiger partial charge in [0.05, 0.1) is 0 Å². The Bertz CT molecular complexity index is 922. The van der Waals surface area contributed by atoms with Gasteiger partial charge in [-0.15, -0.1) is 0 Å². The fourth-order valence-corrected chi connectivity index (χ4v) is 2.99. The lowest BCUT2D eigenvalue weighted by molar-refractivity contribution is 0.102. The molecule has 0 atom stereocenters. The molecule has 0 fully saturated rings. The number of anilines is 2. The molecule has 0 radical (unpaired) electrons. The zero-order chi connectivity index (χ0) is 19.2. The molecule has 0 spiro atoms. The van der Waals surface area contributed by atoms with Gasteiger partial charge in [0, 0.05) is 30.7 Å². The predicted octanol–water partition coefficient (Wildman–Crippen LogP) is 4.98. The van der Waals surface area contributed by atoms with Crippen LogP contribution >= 0.6 is 0 Å². The van der Waals surface area contributed by atoms with Crippen molar-refractivity contribution in [2.45, 2.75) is 27.3 Å². The fraction of sp³-hybridized carbons (Fsp3) is 0.217. The molecule has 0 saturated carbocycles. The maximum atomic E-state index is 12.7. The molecule has 2 aromatic carbocycles. The standard InChI is InChI=1S/C23H25N3O/c1-4-26(16-19-8-6-5-7-9-19)20-12-13-24-22(15-20)23(27)25-21-14-17(2)10-11-18(21)3/h5-15H,4,16H2,1-3H3,(H,25,27). The third-order valence-electron chi connectivity index (χ3n) is 4.58. The van der Waals surface area contributed by atoms with Gasteiger partial charge in [0.2, 0.25) is 0 Å². The summed E-state index contributed by atoms with van der Waals surface area (Å²) in [4.78, 5) is 19.2. The Morgan fingerprint density at radius 2 is 1.81 bits per heavy atom. The molecule has 1 N–H and O–H groups in total. The van der Waals surface area contributed by atoms with Gasteiger partial charge < -0.3 is 10.2 Å². The molecule has 4 heteroatoms. The second kappa shape index (κ2) is 8.49. The van der Waals surface area contributed by atoms with E-state index in [2.05, 4.69) is 34.3 Å². The van der Waals surface area contributed by atoms with Crippen LogP contribution in [-0.2, 0) is 6.54 Å². The molecule has 0 saturated heterocycles. The van der Waals surface area contributed by atoms with Crippen molar-refractivity contribution in [3.63, 3.8) is 0 Å². The second-order valence-electron chi connectivity index (χ2n) is 6.67. The minimum atomic E-state index is -0.193. The highest BCUT2D eigenvalue weighted by Crippen LogP contribution is 2.20. The summed E-state index contributed by atoms with van der Waals surface area (Å²) in [5, 5.41) is 2.98. The maximum Gasteiger partial charge on any atom is 0.274 e. The van der Waals surface area contributed by atoms with Crippen molar-refractivity contribution < 1.29 is 4.79 Å². The van der Waals surface area contributed by atoms with E-state index in [1.54, 1.807) is 6.20 Å². The number of pyridine rings is 1. The minimum absolute atomic E-state index is 0.193. The summed E-state index contributed by atoms with van der Waals surface area (Å²) in [5.74, 6) is -0.193. The minimum Gasteiger partial charge on any atom is -0.367 e.